The average molecular weight is 536 g/mol. The van der Waals surface area contributed by atoms with E-state index in [1.165, 1.54) is 4.90 Å². The normalized spacial score (nSPS) is 16.7. The Balaban J connectivity index is 1.84. The lowest BCUT2D eigenvalue weighted by Crippen LogP contribution is -2.29. The molecular weight excluding hydrogens is 506 g/mol. The van der Waals surface area contributed by atoms with Gasteiger partial charge in [-0.2, -0.15) is 0 Å². The Hall–Kier alpha value is -3.97. The topological polar surface area (TPSA) is 85.3 Å². The molecule has 1 amide bonds. The van der Waals surface area contributed by atoms with Gasteiger partial charge >= 0.3 is 0 Å². The number of nitrogens with zero attached hydrogens (tertiary/aromatic N) is 1. The average Bonchev–Trinajstić information content (AvgIpc) is 3.14. The zero-order valence-corrected chi connectivity index (χ0v) is 22.5. The predicted octanol–water partition coefficient (Wildman–Crippen LogP) is 6.16. The molecule has 0 spiro atoms. The van der Waals surface area contributed by atoms with Crippen LogP contribution in [0.15, 0.2) is 72.3 Å². The van der Waals surface area contributed by atoms with Crippen LogP contribution in [0, 0.1) is 0 Å². The summed E-state index contributed by atoms with van der Waals surface area (Å²) in [5, 5.41) is 11.8. The molecule has 0 aliphatic carbocycles. The summed E-state index contributed by atoms with van der Waals surface area (Å²) in [4.78, 5) is 28.3. The van der Waals surface area contributed by atoms with Crippen molar-refractivity contribution in [3.8, 4) is 17.2 Å². The number of benzene rings is 3. The maximum atomic E-state index is 13.4. The first-order valence-corrected chi connectivity index (χ1v) is 12.7. The van der Waals surface area contributed by atoms with E-state index in [-0.39, 0.29) is 24.0 Å². The molecule has 1 atom stereocenters. The quantitative estimate of drug-likeness (QED) is 0.201. The SMILES string of the molecule is CCOc1cc(/C(O)=C2/C(=O)C(=O)N(Cc3cccc(OC(C)C)c3)C2c2cccc(OC)c2)ccc1Cl. The second kappa shape index (κ2) is 11.6. The monoisotopic (exact) mass is 535 g/mol. The Kier molecular flexibility index (Phi) is 8.27. The summed E-state index contributed by atoms with van der Waals surface area (Å²) < 4.78 is 16.8. The highest BCUT2D eigenvalue weighted by Gasteiger charge is 2.46. The maximum absolute atomic E-state index is 13.4. The van der Waals surface area contributed by atoms with Gasteiger partial charge < -0.3 is 24.2 Å². The molecule has 1 unspecified atom stereocenters. The number of halogens is 1. The summed E-state index contributed by atoms with van der Waals surface area (Å²) in [6.45, 7) is 6.18. The number of carbonyl (C=O) groups is 2. The summed E-state index contributed by atoms with van der Waals surface area (Å²) in [6, 6.07) is 18.4. The van der Waals surface area contributed by atoms with Crippen LogP contribution in [0.1, 0.15) is 43.5 Å². The second-order valence-electron chi connectivity index (χ2n) is 9.10. The smallest absolute Gasteiger partial charge is 0.295 e. The molecule has 3 aromatic rings. The van der Waals surface area contributed by atoms with E-state index in [9.17, 15) is 14.7 Å². The summed E-state index contributed by atoms with van der Waals surface area (Å²) in [7, 11) is 1.54. The zero-order chi connectivity index (χ0) is 27.4. The number of methoxy groups -OCH3 is 1. The van der Waals surface area contributed by atoms with E-state index in [0.717, 1.165) is 5.56 Å². The Morgan fingerprint density at radius 1 is 1.03 bits per heavy atom. The van der Waals surface area contributed by atoms with Gasteiger partial charge in [0.2, 0.25) is 0 Å². The van der Waals surface area contributed by atoms with Crippen molar-refractivity contribution in [2.75, 3.05) is 13.7 Å². The van der Waals surface area contributed by atoms with E-state index in [1.807, 2.05) is 45.0 Å². The fraction of sp³-hybridized carbons (Fsp3) is 0.267. The third-order valence-electron chi connectivity index (χ3n) is 6.08. The lowest BCUT2D eigenvalue weighted by Gasteiger charge is -2.26. The van der Waals surface area contributed by atoms with Crippen molar-refractivity contribution < 1.29 is 28.9 Å². The van der Waals surface area contributed by atoms with Crippen molar-refractivity contribution in [2.45, 2.75) is 39.5 Å². The van der Waals surface area contributed by atoms with E-state index < -0.39 is 17.7 Å². The van der Waals surface area contributed by atoms with Crippen LogP contribution in [0.4, 0.5) is 0 Å². The Morgan fingerprint density at radius 2 is 1.76 bits per heavy atom. The van der Waals surface area contributed by atoms with Crippen molar-refractivity contribution in [1.29, 1.82) is 0 Å². The van der Waals surface area contributed by atoms with E-state index in [1.54, 1.807) is 49.6 Å². The summed E-state index contributed by atoms with van der Waals surface area (Å²) in [6.07, 6.45) is -0.0165. The Bertz CT molecular complexity index is 1380. The first-order chi connectivity index (χ1) is 18.2. The van der Waals surface area contributed by atoms with Crippen molar-refractivity contribution in [3.63, 3.8) is 0 Å². The number of amides is 1. The van der Waals surface area contributed by atoms with Crippen molar-refractivity contribution in [2.24, 2.45) is 0 Å². The number of rotatable bonds is 9. The van der Waals surface area contributed by atoms with Crippen LogP contribution < -0.4 is 14.2 Å². The van der Waals surface area contributed by atoms with E-state index in [4.69, 9.17) is 25.8 Å². The van der Waals surface area contributed by atoms with E-state index >= 15 is 0 Å². The molecule has 1 aliphatic rings. The maximum Gasteiger partial charge on any atom is 0.295 e. The van der Waals surface area contributed by atoms with Crippen molar-refractivity contribution >= 4 is 29.1 Å². The van der Waals surface area contributed by atoms with Crippen LogP contribution >= 0.6 is 11.6 Å². The third kappa shape index (κ3) is 5.63. The second-order valence-corrected chi connectivity index (χ2v) is 9.50. The molecule has 7 nitrogen and oxygen atoms in total. The number of aliphatic hydroxyl groups excluding tert-OH is 1. The highest BCUT2D eigenvalue weighted by molar-refractivity contribution is 6.46. The summed E-state index contributed by atoms with van der Waals surface area (Å²) in [5.41, 5.74) is 1.69. The molecule has 3 aromatic carbocycles. The fourth-order valence-corrected chi connectivity index (χ4v) is 4.63. The number of hydrogen-bond acceptors (Lipinski definition) is 6. The molecule has 0 bridgehead atoms. The molecule has 1 aliphatic heterocycles. The van der Waals surface area contributed by atoms with Crippen LogP contribution in [0.5, 0.6) is 17.2 Å². The van der Waals surface area contributed by atoms with Crippen molar-refractivity contribution in [3.05, 3.63) is 94.0 Å². The number of hydrogen-bond donors (Lipinski definition) is 1. The molecule has 1 heterocycles. The molecular formula is C30H30ClNO6. The van der Waals surface area contributed by atoms with Gasteiger partial charge in [0.25, 0.3) is 11.7 Å². The van der Waals surface area contributed by atoms with Crippen LogP contribution in [0.2, 0.25) is 5.02 Å². The van der Waals surface area contributed by atoms with Gasteiger partial charge in [-0.05, 0) is 74.4 Å². The van der Waals surface area contributed by atoms with Gasteiger partial charge in [-0.1, -0.05) is 35.9 Å². The molecule has 0 aromatic heterocycles. The molecule has 38 heavy (non-hydrogen) atoms. The number of Topliss-reactive ketones (excluding diaryl/α,β-unsaturated/α-hetero) is 1. The first-order valence-electron chi connectivity index (χ1n) is 12.3. The minimum atomic E-state index is -0.856. The number of aliphatic hydroxyl groups is 1. The van der Waals surface area contributed by atoms with Gasteiger partial charge in [0.05, 0.1) is 36.5 Å². The lowest BCUT2D eigenvalue weighted by molar-refractivity contribution is -0.140. The van der Waals surface area contributed by atoms with Crippen molar-refractivity contribution in [1.82, 2.24) is 4.90 Å². The van der Waals surface area contributed by atoms with Crippen LogP contribution in [-0.2, 0) is 16.1 Å². The molecule has 1 fully saturated rings. The van der Waals surface area contributed by atoms with Gasteiger partial charge in [-0.25, -0.2) is 0 Å². The number of ether oxygens (including phenoxy) is 3. The largest absolute Gasteiger partial charge is 0.507 e. The third-order valence-corrected chi connectivity index (χ3v) is 6.39. The van der Waals surface area contributed by atoms with Gasteiger partial charge in [0.1, 0.15) is 23.0 Å². The lowest BCUT2D eigenvalue weighted by atomic mass is 9.95. The van der Waals surface area contributed by atoms with Crippen LogP contribution in [0.25, 0.3) is 5.76 Å². The van der Waals surface area contributed by atoms with E-state index in [2.05, 4.69) is 0 Å². The zero-order valence-electron chi connectivity index (χ0n) is 21.7. The Morgan fingerprint density at radius 3 is 2.47 bits per heavy atom. The fourth-order valence-electron chi connectivity index (χ4n) is 4.46. The van der Waals surface area contributed by atoms with E-state index in [0.29, 0.717) is 40.0 Å². The highest BCUT2D eigenvalue weighted by atomic mass is 35.5. The Labute approximate surface area is 227 Å². The molecule has 1 N–H and O–H groups in total. The number of likely N-dealkylation sites (tertiary alicyclic amines) is 1. The highest BCUT2D eigenvalue weighted by Crippen LogP contribution is 2.42. The van der Waals surface area contributed by atoms with Gasteiger partial charge in [-0.15, -0.1) is 0 Å². The minimum Gasteiger partial charge on any atom is -0.507 e. The van der Waals surface area contributed by atoms with Gasteiger partial charge in [0, 0.05) is 12.1 Å². The van der Waals surface area contributed by atoms with Gasteiger partial charge in [0.15, 0.2) is 0 Å². The molecule has 0 saturated carbocycles. The number of carbonyl (C=O) groups excluding carboxylic acids is 2. The molecule has 1 saturated heterocycles. The first kappa shape index (κ1) is 27.1. The summed E-state index contributed by atoms with van der Waals surface area (Å²) >= 11 is 6.23. The number of ketones is 1. The van der Waals surface area contributed by atoms with Gasteiger partial charge in [-0.3, -0.25) is 9.59 Å². The molecule has 0 radical (unpaired) electrons. The van der Waals surface area contributed by atoms with Crippen LogP contribution in [0.3, 0.4) is 0 Å². The molecule has 198 valence electrons. The standard InChI is InChI=1S/C30H30ClNO6/c1-5-37-25-16-21(12-13-24(25)31)28(33)26-27(20-9-7-10-22(15-20)36-4)32(30(35)29(26)34)17-19-8-6-11-23(14-19)38-18(2)3/h6-16,18,27,33H,5,17H2,1-4H3/b28-26-. The minimum absolute atomic E-state index is 0.0165. The predicted molar refractivity (Wildman–Crippen MR) is 146 cm³/mol. The molecule has 4 rings (SSSR count). The van der Waals surface area contributed by atoms with Crippen LogP contribution in [-0.4, -0.2) is 41.5 Å². The molecule has 8 heteroatoms. The summed E-state index contributed by atoms with van der Waals surface area (Å²) in [5.74, 6) is -0.214.